The Labute approximate surface area is 80.7 Å². The lowest BCUT2D eigenvalue weighted by atomic mass is 10.4. The van der Waals surface area contributed by atoms with Crippen LogP contribution < -0.4 is 0 Å². The molecule has 0 amide bonds. The van der Waals surface area contributed by atoms with E-state index in [1.54, 1.807) is 6.92 Å². The van der Waals surface area contributed by atoms with Gasteiger partial charge in [-0.2, -0.15) is 0 Å². The van der Waals surface area contributed by atoms with Gasteiger partial charge in [-0.3, -0.25) is 4.79 Å². The topological polar surface area (TPSA) is 35.5 Å². The van der Waals surface area contributed by atoms with Gasteiger partial charge < -0.3 is 9.47 Å². The number of hydrogen-bond acceptors (Lipinski definition) is 3. The summed E-state index contributed by atoms with van der Waals surface area (Å²) in [6.45, 7) is 12.2. The molecule has 0 unspecified atom stereocenters. The molecule has 0 heterocycles. The summed E-state index contributed by atoms with van der Waals surface area (Å²) in [5, 5.41) is 0. The van der Waals surface area contributed by atoms with Crippen LogP contribution in [0.1, 0.15) is 27.7 Å². The van der Waals surface area contributed by atoms with E-state index in [0.717, 1.165) is 19.5 Å². The molecule has 0 aromatic rings. The van der Waals surface area contributed by atoms with Gasteiger partial charge in [-0.05, 0) is 33.3 Å². The number of aldehydes is 1. The van der Waals surface area contributed by atoms with E-state index in [9.17, 15) is 4.79 Å². The minimum Gasteiger partial charge on any atom is -0.353 e. The molecule has 0 rings (SSSR count). The van der Waals surface area contributed by atoms with E-state index in [2.05, 4.69) is 6.58 Å². The molecule has 0 radical (unpaired) electrons. The highest BCUT2D eigenvalue weighted by molar-refractivity contribution is 5.70. The fourth-order valence-electron chi connectivity index (χ4n) is 0.518. The predicted molar refractivity (Wildman–Crippen MR) is 53.6 cm³/mol. The molecule has 0 aliphatic heterocycles. The Kier molecular flexibility index (Phi) is 12.9. The first kappa shape index (κ1) is 14.8. The Morgan fingerprint density at radius 2 is 1.69 bits per heavy atom. The van der Waals surface area contributed by atoms with Gasteiger partial charge in [-0.15, -0.1) is 0 Å². The summed E-state index contributed by atoms with van der Waals surface area (Å²) in [4.78, 5) is 9.41. The van der Waals surface area contributed by atoms with Gasteiger partial charge in [0.15, 0.2) is 6.29 Å². The predicted octanol–water partition coefficient (Wildman–Crippen LogP) is 2.17. The Morgan fingerprint density at radius 3 is 1.85 bits per heavy atom. The molecule has 3 nitrogen and oxygen atoms in total. The van der Waals surface area contributed by atoms with Gasteiger partial charge in [0.2, 0.25) is 0 Å². The number of ether oxygens (including phenoxy) is 2. The average molecular weight is 188 g/mol. The molecular weight excluding hydrogens is 168 g/mol. The molecule has 0 bridgehead atoms. The van der Waals surface area contributed by atoms with E-state index in [4.69, 9.17) is 9.47 Å². The summed E-state index contributed by atoms with van der Waals surface area (Å²) in [6, 6.07) is 0. The Balaban J connectivity index is 0. The third-order valence-corrected chi connectivity index (χ3v) is 1.00. The van der Waals surface area contributed by atoms with Crippen molar-refractivity contribution < 1.29 is 14.3 Å². The summed E-state index contributed by atoms with van der Waals surface area (Å²) in [6.07, 6.45) is 0.685. The van der Waals surface area contributed by atoms with Crippen molar-refractivity contribution in [3.63, 3.8) is 0 Å². The van der Waals surface area contributed by atoms with Gasteiger partial charge >= 0.3 is 0 Å². The summed E-state index contributed by atoms with van der Waals surface area (Å²) in [5.74, 6) is 0. The van der Waals surface area contributed by atoms with Crippen molar-refractivity contribution >= 4 is 6.29 Å². The zero-order chi connectivity index (χ0) is 10.7. The fourth-order valence-corrected chi connectivity index (χ4v) is 0.518. The van der Waals surface area contributed by atoms with Crippen molar-refractivity contribution in [2.24, 2.45) is 0 Å². The number of carbonyl (C=O) groups excluding carboxylic acids is 1. The molecule has 0 fully saturated rings. The van der Waals surface area contributed by atoms with Crippen LogP contribution in [0.15, 0.2) is 12.2 Å². The maximum Gasteiger partial charge on any atom is 0.154 e. The molecule has 0 atom stereocenters. The highest BCUT2D eigenvalue weighted by Gasteiger charge is 1.94. The van der Waals surface area contributed by atoms with Crippen LogP contribution in [0.3, 0.4) is 0 Å². The number of allylic oxidation sites excluding steroid dienone is 1. The molecule has 13 heavy (non-hydrogen) atoms. The molecule has 0 aromatic carbocycles. The Hall–Kier alpha value is -0.670. The van der Waals surface area contributed by atoms with Gasteiger partial charge in [-0.1, -0.05) is 6.58 Å². The van der Waals surface area contributed by atoms with Gasteiger partial charge in [0.1, 0.15) is 6.29 Å². The lowest BCUT2D eigenvalue weighted by molar-refractivity contribution is -0.123. The zero-order valence-electron chi connectivity index (χ0n) is 9.00. The van der Waals surface area contributed by atoms with Crippen LogP contribution in [0.2, 0.25) is 0 Å². The Morgan fingerprint density at radius 1 is 1.38 bits per heavy atom. The van der Waals surface area contributed by atoms with E-state index in [-0.39, 0.29) is 6.29 Å². The lowest BCUT2D eigenvalue weighted by Crippen LogP contribution is -2.11. The monoisotopic (exact) mass is 188 g/mol. The first-order chi connectivity index (χ1) is 6.08. The van der Waals surface area contributed by atoms with E-state index in [1.165, 1.54) is 0 Å². The quantitative estimate of drug-likeness (QED) is 0.377. The first-order valence-corrected chi connectivity index (χ1v) is 4.42. The molecule has 0 aromatic heterocycles. The van der Waals surface area contributed by atoms with Crippen molar-refractivity contribution in [3.8, 4) is 0 Å². The van der Waals surface area contributed by atoms with Crippen molar-refractivity contribution in [1.82, 2.24) is 0 Å². The van der Waals surface area contributed by atoms with Gasteiger partial charge in [-0.25, -0.2) is 0 Å². The van der Waals surface area contributed by atoms with Gasteiger partial charge in [0.25, 0.3) is 0 Å². The van der Waals surface area contributed by atoms with Gasteiger partial charge in [0.05, 0.1) is 0 Å². The number of carbonyl (C=O) groups is 1. The van der Waals surface area contributed by atoms with Crippen LogP contribution in [-0.4, -0.2) is 25.8 Å². The lowest BCUT2D eigenvalue weighted by Gasteiger charge is -2.09. The molecule has 0 aliphatic rings. The molecule has 78 valence electrons. The molecule has 3 heteroatoms. The summed E-state index contributed by atoms with van der Waals surface area (Å²) in [7, 11) is 0. The number of rotatable bonds is 5. The maximum absolute atomic E-state index is 9.41. The summed E-state index contributed by atoms with van der Waals surface area (Å²) >= 11 is 0. The normalized spacial score (nSPS) is 9.00. The molecule has 0 aliphatic carbocycles. The second-order valence-electron chi connectivity index (χ2n) is 2.44. The third-order valence-electron chi connectivity index (χ3n) is 1.00. The smallest absolute Gasteiger partial charge is 0.154 e. The highest BCUT2D eigenvalue weighted by Crippen LogP contribution is 1.90. The van der Waals surface area contributed by atoms with Crippen molar-refractivity contribution in [2.75, 3.05) is 13.2 Å². The van der Waals surface area contributed by atoms with E-state index in [1.807, 2.05) is 20.8 Å². The number of hydrogen-bond donors (Lipinski definition) is 0. The van der Waals surface area contributed by atoms with Crippen LogP contribution in [0.4, 0.5) is 0 Å². The maximum atomic E-state index is 9.41. The zero-order valence-corrected chi connectivity index (χ0v) is 9.00. The average Bonchev–Trinajstić information content (AvgIpc) is 2.06. The SMILES string of the molecule is C=C(C)C=O.CCOC(C)OCC. The molecule has 0 spiro atoms. The third kappa shape index (κ3) is 18.4. The standard InChI is InChI=1S/C6H14O2.C4H6O/c1-4-7-6(3)8-5-2;1-4(2)3-5/h6H,4-5H2,1-3H3;3H,1H2,2H3. The molecule has 0 saturated carbocycles. The van der Waals surface area contributed by atoms with Crippen molar-refractivity contribution in [3.05, 3.63) is 12.2 Å². The van der Waals surface area contributed by atoms with Crippen LogP contribution >= 0.6 is 0 Å². The molecule has 0 N–H and O–H groups in total. The first-order valence-electron chi connectivity index (χ1n) is 4.42. The largest absolute Gasteiger partial charge is 0.353 e. The van der Waals surface area contributed by atoms with Gasteiger partial charge in [0, 0.05) is 13.2 Å². The minimum atomic E-state index is -0.0370. The van der Waals surface area contributed by atoms with Crippen molar-refractivity contribution in [1.29, 1.82) is 0 Å². The molecular formula is C10H20O3. The second-order valence-corrected chi connectivity index (χ2v) is 2.44. The molecule has 0 saturated heterocycles. The van der Waals surface area contributed by atoms with Crippen LogP contribution in [0, 0.1) is 0 Å². The highest BCUT2D eigenvalue weighted by atomic mass is 16.7. The van der Waals surface area contributed by atoms with Crippen LogP contribution in [-0.2, 0) is 14.3 Å². The van der Waals surface area contributed by atoms with Crippen molar-refractivity contribution in [2.45, 2.75) is 34.0 Å². The second kappa shape index (κ2) is 11.3. The Bertz CT molecular complexity index is 126. The fraction of sp³-hybridized carbons (Fsp3) is 0.700. The van der Waals surface area contributed by atoms with Crippen LogP contribution in [0.25, 0.3) is 0 Å². The van der Waals surface area contributed by atoms with E-state index in [0.29, 0.717) is 5.57 Å². The summed E-state index contributed by atoms with van der Waals surface area (Å²) in [5.41, 5.74) is 0.574. The van der Waals surface area contributed by atoms with E-state index >= 15 is 0 Å². The van der Waals surface area contributed by atoms with Crippen LogP contribution in [0.5, 0.6) is 0 Å². The van der Waals surface area contributed by atoms with E-state index < -0.39 is 0 Å². The minimum absolute atomic E-state index is 0.0370. The summed E-state index contributed by atoms with van der Waals surface area (Å²) < 4.78 is 10.1.